The number of benzene rings is 1. The molecule has 100 valence electrons. The maximum atomic E-state index is 11.6. The smallest absolute Gasteiger partial charge is 0.226 e. The molecule has 0 spiro atoms. The van der Waals surface area contributed by atoms with E-state index in [0.29, 0.717) is 19.5 Å². The van der Waals surface area contributed by atoms with Crippen molar-refractivity contribution in [3.8, 4) is 10.6 Å². The SMILES string of the molecule is Cc1ccc(-c2nc(CC(=O)NCCN)cs2)cc1. The molecule has 0 bridgehead atoms. The number of hydrogen-bond donors (Lipinski definition) is 2. The summed E-state index contributed by atoms with van der Waals surface area (Å²) >= 11 is 1.56. The van der Waals surface area contributed by atoms with Crippen LogP contribution in [0.5, 0.6) is 0 Å². The van der Waals surface area contributed by atoms with Crippen LogP contribution in [0.1, 0.15) is 11.3 Å². The molecule has 1 amide bonds. The minimum absolute atomic E-state index is 0.0359. The van der Waals surface area contributed by atoms with Crippen molar-refractivity contribution in [1.82, 2.24) is 10.3 Å². The Kier molecular flexibility index (Phi) is 4.65. The van der Waals surface area contributed by atoms with E-state index in [1.165, 1.54) is 5.56 Å². The zero-order chi connectivity index (χ0) is 13.7. The fraction of sp³-hybridized carbons (Fsp3) is 0.286. The second kappa shape index (κ2) is 6.45. The van der Waals surface area contributed by atoms with Gasteiger partial charge >= 0.3 is 0 Å². The zero-order valence-electron chi connectivity index (χ0n) is 10.8. The Morgan fingerprint density at radius 2 is 2.11 bits per heavy atom. The molecule has 5 heteroatoms. The quantitative estimate of drug-likeness (QED) is 0.873. The lowest BCUT2D eigenvalue weighted by Gasteiger charge is -2.00. The number of amides is 1. The Labute approximate surface area is 116 Å². The Balaban J connectivity index is 2.02. The monoisotopic (exact) mass is 275 g/mol. The maximum absolute atomic E-state index is 11.6. The Hall–Kier alpha value is -1.72. The van der Waals surface area contributed by atoms with Gasteiger partial charge in [-0.2, -0.15) is 0 Å². The summed E-state index contributed by atoms with van der Waals surface area (Å²) in [4.78, 5) is 16.0. The van der Waals surface area contributed by atoms with Gasteiger partial charge in [-0.3, -0.25) is 4.79 Å². The Morgan fingerprint density at radius 1 is 1.37 bits per heavy atom. The van der Waals surface area contributed by atoms with Crippen LogP contribution in [0, 0.1) is 6.92 Å². The van der Waals surface area contributed by atoms with E-state index in [4.69, 9.17) is 5.73 Å². The van der Waals surface area contributed by atoms with Gasteiger partial charge in [0.05, 0.1) is 12.1 Å². The van der Waals surface area contributed by atoms with Crippen LogP contribution in [0.15, 0.2) is 29.6 Å². The maximum Gasteiger partial charge on any atom is 0.226 e. The summed E-state index contributed by atoms with van der Waals surface area (Å²) in [6, 6.07) is 8.22. The van der Waals surface area contributed by atoms with E-state index in [9.17, 15) is 4.79 Å². The van der Waals surface area contributed by atoms with Gasteiger partial charge in [-0.1, -0.05) is 29.8 Å². The molecule has 0 saturated carbocycles. The highest BCUT2D eigenvalue weighted by Crippen LogP contribution is 2.24. The van der Waals surface area contributed by atoms with Crippen LogP contribution in [0.2, 0.25) is 0 Å². The van der Waals surface area contributed by atoms with Gasteiger partial charge in [0.1, 0.15) is 5.01 Å². The highest BCUT2D eigenvalue weighted by atomic mass is 32.1. The number of carbonyl (C=O) groups excluding carboxylic acids is 1. The first-order valence-corrected chi connectivity index (χ1v) is 7.05. The molecule has 0 radical (unpaired) electrons. The van der Waals surface area contributed by atoms with Crippen LogP contribution in [0.4, 0.5) is 0 Å². The van der Waals surface area contributed by atoms with Crippen molar-refractivity contribution in [2.24, 2.45) is 5.73 Å². The minimum Gasteiger partial charge on any atom is -0.354 e. The van der Waals surface area contributed by atoms with Crippen molar-refractivity contribution >= 4 is 17.2 Å². The van der Waals surface area contributed by atoms with E-state index < -0.39 is 0 Å². The van der Waals surface area contributed by atoms with Crippen molar-refractivity contribution in [3.05, 3.63) is 40.9 Å². The van der Waals surface area contributed by atoms with E-state index >= 15 is 0 Å². The van der Waals surface area contributed by atoms with E-state index in [1.54, 1.807) is 11.3 Å². The molecule has 0 atom stereocenters. The number of rotatable bonds is 5. The molecule has 0 fully saturated rings. The van der Waals surface area contributed by atoms with Crippen molar-refractivity contribution in [1.29, 1.82) is 0 Å². The van der Waals surface area contributed by atoms with E-state index in [2.05, 4.69) is 29.4 Å². The number of nitrogens with two attached hydrogens (primary N) is 1. The van der Waals surface area contributed by atoms with Crippen molar-refractivity contribution in [3.63, 3.8) is 0 Å². The zero-order valence-corrected chi connectivity index (χ0v) is 11.7. The largest absolute Gasteiger partial charge is 0.354 e. The number of nitrogens with zero attached hydrogens (tertiary/aromatic N) is 1. The average Bonchev–Trinajstić information content (AvgIpc) is 2.85. The highest BCUT2D eigenvalue weighted by Gasteiger charge is 2.08. The van der Waals surface area contributed by atoms with Crippen molar-refractivity contribution in [2.75, 3.05) is 13.1 Å². The summed E-state index contributed by atoms with van der Waals surface area (Å²) in [6.45, 7) is 3.02. The van der Waals surface area contributed by atoms with E-state index in [-0.39, 0.29) is 5.91 Å². The second-order valence-corrected chi connectivity index (χ2v) is 5.18. The van der Waals surface area contributed by atoms with Crippen LogP contribution in [0.25, 0.3) is 10.6 Å². The van der Waals surface area contributed by atoms with Gasteiger partial charge in [0, 0.05) is 24.0 Å². The summed E-state index contributed by atoms with van der Waals surface area (Å²) in [5.41, 5.74) is 8.45. The van der Waals surface area contributed by atoms with Crippen LogP contribution in [-0.4, -0.2) is 24.0 Å². The van der Waals surface area contributed by atoms with Gasteiger partial charge < -0.3 is 11.1 Å². The summed E-state index contributed by atoms with van der Waals surface area (Å²) < 4.78 is 0. The molecule has 0 saturated heterocycles. The molecular weight excluding hydrogens is 258 g/mol. The average molecular weight is 275 g/mol. The molecule has 1 heterocycles. The second-order valence-electron chi connectivity index (χ2n) is 4.33. The van der Waals surface area contributed by atoms with Crippen molar-refractivity contribution < 1.29 is 4.79 Å². The van der Waals surface area contributed by atoms with Gasteiger partial charge in [0.2, 0.25) is 5.91 Å². The third-order valence-electron chi connectivity index (χ3n) is 2.66. The summed E-state index contributed by atoms with van der Waals surface area (Å²) in [5, 5.41) is 5.61. The van der Waals surface area contributed by atoms with Gasteiger partial charge in [-0.05, 0) is 6.92 Å². The standard InChI is InChI=1S/C14H17N3OS/c1-10-2-4-11(5-3-10)14-17-12(9-19-14)8-13(18)16-7-6-15/h2-5,9H,6-8,15H2,1H3,(H,16,18). The molecular formula is C14H17N3OS. The van der Waals surface area contributed by atoms with E-state index in [0.717, 1.165) is 16.3 Å². The van der Waals surface area contributed by atoms with Gasteiger partial charge in [0.25, 0.3) is 0 Å². The molecule has 0 aliphatic rings. The predicted molar refractivity (Wildman–Crippen MR) is 78.1 cm³/mol. The predicted octanol–water partition coefficient (Wildman–Crippen LogP) is 1.74. The minimum atomic E-state index is -0.0359. The first-order valence-electron chi connectivity index (χ1n) is 6.17. The fourth-order valence-electron chi connectivity index (χ4n) is 1.66. The number of hydrogen-bond acceptors (Lipinski definition) is 4. The molecule has 4 nitrogen and oxygen atoms in total. The van der Waals surface area contributed by atoms with Gasteiger partial charge in [0.15, 0.2) is 0 Å². The van der Waals surface area contributed by atoms with Crippen LogP contribution in [0.3, 0.4) is 0 Å². The summed E-state index contributed by atoms with van der Waals surface area (Å²) in [6.07, 6.45) is 0.308. The van der Waals surface area contributed by atoms with Gasteiger partial charge in [-0.25, -0.2) is 4.98 Å². The molecule has 2 rings (SSSR count). The topological polar surface area (TPSA) is 68.0 Å². The lowest BCUT2D eigenvalue weighted by molar-refractivity contribution is -0.120. The molecule has 0 unspecified atom stereocenters. The van der Waals surface area contributed by atoms with Crippen LogP contribution < -0.4 is 11.1 Å². The molecule has 1 aromatic carbocycles. The fourth-order valence-corrected chi connectivity index (χ4v) is 2.48. The summed E-state index contributed by atoms with van der Waals surface area (Å²) in [5.74, 6) is -0.0359. The first kappa shape index (κ1) is 13.7. The van der Waals surface area contributed by atoms with E-state index in [1.807, 2.05) is 17.5 Å². The Morgan fingerprint density at radius 3 is 2.79 bits per heavy atom. The molecule has 19 heavy (non-hydrogen) atoms. The first-order chi connectivity index (χ1) is 9.19. The number of thiazole rings is 1. The molecule has 0 aliphatic carbocycles. The number of nitrogens with one attached hydrogen (secondary N) is 1. The third kappa shape index (κ3) is 3.87. The molecule has 1 aromatic heterocycles. The number of aryl methyl sites for hydroxylation is 1. The number of carbonyl (C=O) groups is 1. The van der Waals surface area contributed by atoms with Gasteiger partial charge in [-0.15, -0.1) is 11.3 Å². The molecule has 2 aromatic rings. The number of aromatic nitrogens is 1. The lowest BCUT2D eigenvalue weighted by Crippen LogP contribution is -2.30. The van der Waals surface area contributed by atoms with Crippen LogP contribution >= 0.6 is 11.3 Å². The summed E-state index contributed by atoms with van der Waals surface area (Å²) in [7, 11) is 0. The highest BCUT2D eigenvalue weighted by molar-refractivity contribution is 7.13. The Bertz CT molecular complexity index is 548. The molecule has 0 aliphatic heterocycles. The normalized spacial score (nSPS) is 10.4. The lowest BCUT2D eigenvalue weighted by atomic mass is 10.2. The van der Waals surface area contributed by atoms with Crippen LogP contribution in [-0.2, 0) is 11.2 Å². The van der Waals surface area contributed by atoms with Crippen molar-refractivity contribution in [2.45, 2.75) is 13.3 Å². The third-order valence-corrected chi connectivity index (χ3v) is 3.60. The molecule has 3 N–H and O–H groups in total.